The van der Waals surface area contributed by atoms with E-state index in [9.17, 15) is 8.78 Å². The lowest BCUT2D eigenvalue weighted by Crippen LogP contribution is -2.33. The number of halogens is 3. The molecule has 0 saturated heterocycles. The number of nitrogens with one attached hydrogen (secondary N) is 1. The second-order valence-corrected chi connectivity index (χ2v) is 6.28. The number of likely N-dealkylation sites (N-methyl/N-ethyl adjacent to an activating group) is 1. The van der Waals surface area contributed by atoms with Gasteiger partial charge in [0, 0.05) is 9.61 Å². The summed E-state index contributed by atoms with van der Waals surface area (Å²) in [5.41, 5.74) is 2.05. The van der Waals surface area contributed by atoms with Crippen molar-refractivity contribution < 1.29 is 8.78 Å². The Hall–Kier alpha value is -1.01. The first-order valence-corrected chi connectivity index (χ1v) is 8.08. The maximum atomic E-state index is 13.3. The second-order valence-electron chi connectivity index (χ2n) is 5.04. The minimum Gasteiger partial charge on any atom is -0.314 e. The zero-order valence-corrected chi connectivity index (χ0v) is 14.0. The molecule has 0 heterocycles. The lowest BCUT2D eigenvalue weighted by molar-refractivity contribution is 0.498. The Balaban J connectivity index is 2.07. The van der Waals surface area contributed by atoms with Gasteiger partial charge in [0.25, 0.3) is 0 Å². The Labute approximate surface area is 137 Å². The highest BCUT2D eigenvalue weighted by molar-refractivity contribution is 14.1. The molecule has 0 aromatic heterocycles. The van der Waals surface area contributed by atoms with Gasteiger partial charge >= 0.3 is 0 Å². The summed E-state index contributed by atoms with van der Waals surface area (Å²) in [4.78, 5) is 0. The fourth-order valence-corrected chi connectivity index (χ4v) is 2.72. The van der Waals surface area contributed by atoms with E-state index in [1.54, 1.807) is 6.07 Å². The van der Waals surface area contributed by atoms with Crippen LogP contribution in [-0.4, -0.2) is 12.6 Å². The van der Waals surface area contributed by atoms with E-state index in [4.69, 9.17) is 0 Å². The van der Waals surface area contributed by atoms with Crippen molar-refractivity contribution in [3.05, 3.63) is 68.8 Å². The Bertz CT molecular complexity index is 584. The molecule has 21 heavy (non-hydrogen) atoms. The van der Waals surface area contributed by atoms with Gasteiger partial charge in [0.05, 0.1) is 0 Å². The molecule has 0 radical (unpaired) electrons. The summed E-state index contributed by atoms with van der Waals surface area (Å²) in [7, 11) is 0. The fraction of sp³-hybridized carbons (Fsp3) is 0.294. The first-order chi connectivity index (χ1) is 10.1. The Morgan fingerprint density at radius 3 is 2.19 bits per heavy atom. The van der Waals surface area contributed by atoms with Gasteiger partial charge < -0.3 is 5.32 Å². The molecule has 0 aliphatic rings. The summed E-state index contributed by atoms with van der Waals surface area (Å²) in [5.74, 6) is -1.58. The predicted octanol–water partition coefficient (Wildman–Crippen LogP) is 4.33. The Morgan fingerprint density at radius 2 is 1.57 bits per heavy atom. The highest BCUT2D eigenvalue weighted by Crippen LogP contribution is 2.14. The molecule has 0 amide bonds. The van der Waals surface area contributed by atoms with Crippen LogP contribution in [0.5, 0.6) is 0 Å². The van der Waals surface area contributed by atoms with Crippen LogP contribution in [0.1, 0.15) is 18.1 Å². The molecule has 2 aromatic rings. The average molecular weight is 401 g/mol. The van der Waals surface area contributed by atoms with Crippen LogP contribution in [0.2, 0.25) is 0 Å². The highest BCUT2D eigenvalue weighted by atomic mass is 127. The second kappa shape index (κ2) is 7.84. The summed E-state index contributed by atoms with van der Waals surface area (Å²) in [6, 6.07) is 12.7. The van der Waals surface area contributed by atoms with Crippen LogP contribution in [0.3, 0.4) is 0 Å². The molecular formula is C17H18F2IN. The van der Waals surface area contributed by atoms with Crippen LogP contribution in [0.25, 0.3) is 0 Å². The minimum atomic E-state index is -0.795. The van der Waals surface area contributed by atoms with Crippen molar-refractivity contribution in [1.82, 2.24) is 5.32 Å². The lowest BCUT2D eigenvalue weighted by Gasteiger charge is -2.18. The molecule has 0 spiro atoms. The molecule has 0 saturated carbocycles. The van der Waals surface area contributed by atoms with Gasteiger partial charge in [-0.1, -0.05) is 25.1 Å². The molecular weight excluding hydrogens is 383 g/mol. The summed E-state index contributed by atoms with van der Waals surface area (Å²) >= 11 is 2.28. The number of hydrogen-bond acceptors (Lipinski definition) is 1. The molecule has 1 atom stereocenters. The average Bonchev–Trinajstić information content (AvgIpc) is 2.46. The largest absolute Gasteiger partial charge is 0.314 e. The van der Waals surface area contributed by atoms with Crippen molar-refractivity contribution in [2.45, 2.75) is 25.8 Å². The standard InChI is InChI=1S/C17H18F2IN/c1-2-21-15(9-12-3-6-14(20)7-4-12)10-13-5-8-16(18)17(19)11-13/h3-8,11,15,21H,2,9-10H2,1H3. The van der Waals surface area contributed by atoms with Gasteiger partial charge in [0.1, 0.15) is 0 Å². The van der Waals surface area contributed by atoms with E-state index in [2.05, 4.69) is 52.2 Å². The van der Waals surface area contributed by atoms with Crippen molar-refractivity contribution in [2.24, 2.45) is 0 Å². The molecule has 0 aliphatic heterocycles. The van der Waals surface area contributed by atoms with E-state index in [1.165, 1.54) is 21.3 Å². The molecule has 0 aliphatic carbocycles. The van der Waals surface area contributed by atoms with Crippen molar-refractivity contribution in [1.29, 1.82) is 0 Å². The van der Waals surface area contributed by atoms with Crippen LogP contribution >= 0.6 is 22.6 Å². The third-order valence-electron chi connectivity index (χ3n) is 3.35. The van der Waals surface area contributed by atoms with E-state index in [0.29, 0.717) is 6.42 Å². The van der Waals surface area contributed by atoms with Crippen molar-refractivity contribution >= 4 is 22.6 Å². The Morgan fingerprint density at radius 1 is 0.952 bits per heavy atom. The minimum absolute atomic E-state index is 0.208. The lowest BCUT2D eigenvalue weighted by atomic mass is 9.99. The van der Waals surface area contributed by atoms with Crippen molar-refractivity contribution in [3.63, 3.8) is 0 Å². The van der Waals surface area contributed by atoms with Crippen LogP contribution in [0, 0.1) is 15.2 Å². The summed E-state index contributed by atoms with van der Waals surface area (Å²) in [6.07, 6.45) is 1.54. The predicted molar refractivity (Wildman–Crippen MR) is 90.4 cm³/mol. The van der Waals surface area contributed by atoms with Crippen molar-refractivity contribution in [2.75, 3.05) is 6.54 Å². The normalized spacial score (nSPS) is 12.4. The molecule has 0 fully saturated rings. The zero-order chi connectivity index (χ0) is 15.2. The quantitative estimate of drug-likeness (QED) is 0.711. The number of rotatable bonds is 6. The van der Waals surface area contributed by atoms with Gasteiger partial charge in [-0.05, 0) is 77.4 Å². The number of benzene rings is 2. The smallest absolute Gasteiger partial charge is 0.159 e. The maximum absolute atomic E-state index is 13.3. The van der Waals surface area contributed by atoms with Gasteiger partial charge in [0.15, 0.2) is 11.6 Å². The van der Waals surface area contributed by atoms with Crippen LogP contribution in [-0.2, 0) is 12.8 Å². The van der Waals surface area contributed by atoms with Crippen LogP contribution < -0.4 is 5.32 Å². The summed E-state index contributed by atoms with van der Waals surface area (Å²) in [6.45, 7) is 2.89. The first-order valence-electron chi connectivity index (χ1n) is 7.00. The molecule has 112 valence electrons. The van der Waals surface area contributed by atoms with Crippen LogP contribution in [0.15, 0.2) is 42.5 Å². The third-order valence-corrected chi connectivity index (χ3v) is 4.07. The van der Waals surface area contributed by atoms with Crippen molar-refractivity contribution in [3.8, 4) is 0 Å². The number of hydrogen-bond donors (Lipinski definition) is 1. The molecule has 1 N–H and O–H groups in total. The molecule has 0 bridgehead atoms. The molecule has 1 unspecified atom stereocenters. The molecule has 2 rings (SSSR count). The molecule has 4 heteroatoms. The van der Waals surface area contributed by atoms with E-state index in [0.717, 1.165) is 18.5 Å². The first kappa shape index (κ1) is 16.4. The van der Waals surface area contributed by atoms with E-state index < -0.39 is 11.6 Å². The zero-order valence-electron chi connectivity index (χ0n) is 11.9. The maximum Gasteiger partial charge on any atom is 0.159 e. The summed E-state index contributed by atoms with van der Waals surface area (Å²) < 4.78 is 27.5. The van der Waals surface area contributed by atoms with Crippen LogP contribution in [0.4, 0.5) is 8.78 Å². The van der Waals surface area contributed by atoms with E-state index in [1.807, 2.05) is 6.92 Å². The highest BCUT2D eigenvalue weighted by Gasteiger charge is 2.11. The van der Waals surface area contributed by atoms with Gasteiger partial charge in [-0.15, -0.1) is 0 Å². The summed E-state index contributed by atoms with van der Waals surface area (Å²) in [5, 5.41) is 3.41. The monoisotopic (exact) mass is 401 g/mol. The van der Waals surface area contributed by atoms with Gasteiger partial charge in [-0.2, -0.15) is 0 Å². The van der Waals surface area contributed by atoms with E-state index in [-0.39, 0.29) is 6.04 Å². The van der Waals surface area contributed by atoms with E-state index >= 15 is 0 Å². The Kier molecular flexibility index (Phi) is 6.11. The third kappa shape index (κ3) is 5.04. The molecule has 1 nitrogen and oxygen atoms in total. The fourth-order valence-electron chi connectivity index (χ4n) is 2.36. The SMILES string of the molecule is CCNC(Cc1ccc(I)cc1)Cc1ccc(F)c(F)c1. The van der Waals surface area contributed by atoms with Gasteiger partial charge in [-0.3, -0.25) is 0 Å². The van der Waals surface area contributed by atoms with Gasteiger partial charge in [-0.25, -0.2) is 8.78 Å². The molecule has 2 aromatic carbocycles. The topological polar surface area (TPSA) is 12.0 Å². The van der Waals surface area contributed by atoms with Gasteiger partial charge in [0.2, 0.25) is 0 Å².